The summed E-state index contributed by atoms with van der Waals surface area (Å²) in [6, 6.07) is 10.9. The molecular weight excluding hydrogens is 343 g/mol. The predicted octanol–water partition coefficient (Wildman–Crippen LogP) is 3.24. The van der Waals surface area contributed by atoms with Gasteiger partial charge in [0.15, 0.2) is 0 Å². The Balaban J connectivity index is 2.13. The van der Waals surface area contributed by atoms with Gasteiger partial charge in [-0.1, -0.05) is 18.2 Å². The van der Waals surface area contributed by atoms with Crippen LogP contribution < -0.4 is 9.62 Å². The van der Waals surface area contributed by atoms with Crippen LogP contribution in [0.5, 0.6) is 0 Å². The number of hydrogen-bond acceptors (Lipinski definition) is 3. The van der Waals surface area contributed by atoms with Gasteiger partial charge in [0.25, 0.3) is 0 Å². The summed E-state index contributed by atoms with van der Waals surface area (Å²) in [4.78, 5) is 12.1. The maximum Gasteiger partial charge on any atom is 0.232 e. The van der Waals surface area contributed by atoms with Gasteiger partial charge in [-0.05, 0) is 49.2 Å². The van der Waals surface area contributed by atoms with Crippen molar-refractivity contribution < 1.29 is 17.6 Å². The van der Waals surface area contributed by atoms with E-state index in [-0.39, 0.29) is 18.9 Å². The molecule has 25 heavy (non-hydrogen) atoms. The van der Waals surface area contributed by atoms with Crippen LogP contribution in [-0.2, 0) is 14.8 Å². The Morgan fingerprint density at radius 2 is 1.64 bits per heavy atom. The highest BCUT2D eigenvalue weighted by Crippen LogP contribution is 2.27. The smallest absolute Gasteiger partial charge is 0.232 e. The SMILES string of the molecule is Cc1cccc(C)c1N(CCC(=O)Nc1ccc(F)cc1)S(C)(=O)=O. The Hall–Kier alpha value is -2.41. The zero-order chi connectivity index (χ0) is 18.6. The van der Waals surface area contributed by atoms with Crippen molar-refractivity contribution in [2.45, 2.75) is 20.3 Å². The molecule has 1 N–H and O–H groups in total. The van der Waals surface area contributed by atoms with Gasteiger partial charge < -0.3 is 5.32 Å². The quantitative estimate of drug-likeness (QED) is 0.856. The molecule has 0 spiro atoms. The molecule has 0 heterocycles. The van der Waals surface area contributed by atoms with Crippen LogP contribution in [0, 0.1) is 19.7 Å². The minimum absolute atomic E-state index is 0.0157. The van der Waals surface area contributed by atoms with Crippen molar-refractivity contribution in [3.8, 4) is 0 Å². The van der Waals surface area contributed by atoms with Gasteiger partial charge in [0.1, 0.15) is 5.82 Å². The predicted molar refractivity (Wildman–Crippen MR) is 97.8 cm³/mol. The first-order valence-corrected chi connectivity index (χ1v) is 9.62. The molecule has 2 aromatic rings. The highest BCUT2D eigenvalue weighted by atomic mass is 32.2. The maximum atomic E-state index is 12.9. The molecule has 0 aromatic heterocycles. The molecule has 0 saturated carbocycles. The number of para-hydroxylation sites is 1. The fourth-order valence-electron chi connectivity index (χ4n) is 2.60. The van der Waals surface area contributed by atoms with Crippen molar-refractivity contribution in [2.24, 2.45) is 0 Å². The lowest BCUT2D eigenvalue weighted by molar-refractivity contribution is -0.116. The Bertz CT molecular complexity index is 844. The lowest BCUT2D eigenvalue weighted by Gasteiger charge is -2.25. The third kappa shape index (κ3) is 5.03. The monoisotopic (exact) mass is 364 g/mol. The highest BCUT2D eigenvalue weighted by Gasteiger charge is 2.21. The number of rotatable bonds is 6. The van der Waals surface area contributed by atoms with Crippen LogP contribution in [0.2, 0.25) is 0 Å². The molecule has 0 saturated heterocycles. The number of nitrogens with one attached hydrogen (secondary N) is 1. The van der Waals surface area contributed by atoms with Gasteiger partial charge in [-0.2, -0.15) is 0 Å². The van der Waals surface area contributed by atoms with E-state index in [1.165, 1.54) is 28.6 Å². The first-order valence-electron chi connectivity index (χ1n) is 7.78. The third-order valence-electron chi connectivity index (χ3n) is 3.76. The molecule has 0 unspecified atom stereocenters. The number of nitrogens with zero attached hydrogens (tertiary/aromatic N) is 1. The fourth-order valence-corrected chi connectivity index (χ4v) is 3.64. The summed E-state index contributed by atoms with van der Waals surface area (Å²) in [5, 5.41) is 2.63. The molecule has 1 amide bonds. The molecule has 0 bridgehead atoms. The minimum atomic E-state index is -3.53. The average Bonchev–Trinajstić information content (AvgIpc) is 2.51. The molecule has 0 fully saturated rings. The van der Waals surface area contributed by atoms with Gasteiger partial charge in [0.2, 0.25) is 15.9 Å². The number of carbonyl (C=O) groups is 1. The number of aryl methyl sites for hydroxylation is 2. The molecule has 2 rings (SSSR count). The summed E-state index contributed by atoms with van der Waals surface area (Å²) in [7, 11) is -3.53. The van der Waals surface area contributed by atoms with E-state index < -0.39 is 15.8 Å². The molecule has 134 valence electrons. The van der Waals surface area contributed by atoms with Crippen molar-refractivity contribution >= 4 is 27.3 Å². The number of hydrogen-bond donors (Lipinski definition) is 1. The van der Waals surface area contributed by atoms with Crippen LogP contribution in [0.3, 0.4) is 0 Å². The van der Waals surface area contributed by atoms with E-state index in [0.29, 0.717) is 11.4 Å². The van der Waals surface area contributed by atoms with E-state index in [1.807, 2.05) is 32.0 Å². The largest absolute Gasteiger partial charge is 0.326 e. The number of halogens is 1. The lowest BCUT2D eigenvalue weighted by Crippen LogP contribution is -2.34. The summed E-state index contributed by atoms with van der Waals surface area (Å²) < 4.78 is 38.5. The van der Waals surface area contributed by atoms with Gasteiger partial charge in [-0.3, -0.25) is 9.10 Å². The van der Waals surface area contributed by atoms with Crippen LogP contribution in [0.1, 0.15) is 17.5 Å². The van der Waals surface area contributed by atoms with Gasteiger partial charge in [0, 0.05) is 18.7 Å². The van der Waals surface area contributed by atoms with E-state index in [9.17, 15) is 17.6 Å². The number of amides is 1. The van der Waals surface area contributed by atoms with Crippen LogP contribution >= 0.6 is 0 Å². The zero-order valence-electron chi connectivity index (χ0n) is 14.4. The first kappa shape index (κ1) is 18.9. The second kappa shape index (κ2) is 7.65. The van der Waals surface area contributed by atoms with Crippen LogP contribution in [0.15, 0.2) is 42.5 Å². The van der Waals surface area contributed by atoms with E-state index in [0.717, 1.165) is 17.4 Å². The zero-order valence-corrected chi connectivity index (χ0v) is 15.2. The van der Waals surface area contributed by atoms with Gasteiger partial charge in [-0.25, -0.2) is 12.8 Å². The number of carbonyl (C=O) groups excluding carboxylic acids is 1. The standard InChI is InChI=1S/C18H21FN2O3S/c1-13-5-4-6-14(2)18(13)21(25(3,23)24)12-11-17(22)20-16-9-7-15(19)8-10-16/h4-10H,11-12H2,1-3H3,(H,20,22). The highest BCUT2D eigenvalue weighted by molar-refractivity contribution is 7.92. The van der Waals surface area contributed by atoms with Crippen LogP contribution in [0.25, 0.3) is 0 Å². The Kier molecular flexibility index (Phi) is 5.79. The fraction of sp³-hybridized carbons (Fsp3) is 0.278. The molecule has 7 heteroatoms. The van der Waals surface area contributed by atoms with Crippen LogP contribution in [0.4, 0.5) is 15.8 Å². The third-order valence-corrected chi connectivity index (χ3v) is 4.92. The number of anilines is 2. The summed E-state index contributed by atoms with van der Waals surface area (Å²) >= 11 is 0. The average molecular weight is 364 g/mol. The maximum absolute atomic E-state index is 12.9. The van der Waals surface area contributed by atoms with Crippen LogP contribution in [-0.4, -0.2) is 27.1 Å². The second-order valence-electron chi connectivity index (χ2n) is 5.88. The van der Waals surface area contributed by atoms with E-state index in [4.69, 9.17) is 0 Å². The summed E-state index contributed by atoms with van der Waals surface area (Å²) in [6.45, 7) is 3.69. The minimum Gasteiger partial charge on any atom is -0.326 e. The normalized spacial score (nSPS) is 11.2. The first-order chi connectivity index (χ1) is 11.7. The van der Waals surface area contributed by atoms with Crippen molar-refractivity contribution in [1.29, 1.82) is 0 Å². The van der Waals surface area contributed by atoms with Crippen molar-refractivity contribution in [3.05, 3.63) is 59.4 Å². The summed E-state index contributed by atoms with van der Waals surface area (Å²) in [5.41, 5.74) is 2.71. The van der Waals surface area contributed by atoms with Crippen molar-refractivity contribution in [1.82, 2.24) is 0 Å². The van der Waals surface area contributed by atoms with E-state index in [1.54, 1.807) is 0 Å². The molecule has 0 atom stereocenters. The van der Waals surface area contributed by atoms with Crippen molar-refractivity contribution in [3.63, 3.8) is 0 Å². The Morgan fingerprint density at radius 3 is 2.16 bits per heavy atom. The van der Waals surface area contributed by atoms with Gasteiger partial charge in [0.05, 0.1) is 11.9 Å². The second-order valence-corrected chi connectivity index (χ2v) is 7.79. The number of sulfonamides is 1. The molecule has 0 radical (unpaired) electrons. The molecule has 0 aliphatic carbocycles. The summed E-state index contributed by atoms with van der Waals surface area (Å²) in [6.07, 6.45) is 1.11. The van der Waals surface area contributed by atoms with Gasteiger partial charge in [-0.15, -0.1) is 0 Å². The number of benzene rings is 2. The Morgan fingerprint density at radius 1 is 1.08 bits per heavy atom. The van der Waals surface area contributed by atoms with Crippen molar-refractivity contribution in [2.75, 3.05) is 22.4 Å². The van der Waals surface area contributed by atoms with E-state index in [2.05, 4.69) is 5.32 Å². The molecule has 0 aliphatic rings. The Labute approximate surface area is 147 Å². The molecule has 0 aliphatic heterocycles. The molecule has 5 nitrogen and oxygen atoms in total. The molecule has 2 aromatic carbocycles. The summed E-state index contributed by atoms with van der Waals surface area (Å²) in [5.74, 6) is -0.734. The molecular formula is C18H21FN2O3S. The topological polar surface area (TPSA) is 66.5 Å². The van der Waals surface area contributed by atoms with E-state index >= 15 is 0 Å². The lowest BCUT2D eigenvalue weighted by atomic mass is 10.1. The van der Waals surface area contributed by atoms with Gasteiger partial charge >= 0.3 is 0 Å².